The van der Waals surface area contributed by atoms with E-state index in [4.69, 9.17) is 0 Å². The number of Topliss-reactive ketones (excluding diaryl/α,β-unsaturated/α-hetero) is 1. The van der Waals surface area contributed by atoms with E-state index < -0.39 is 23.6 Å². The van der Waals surface area contributed by atoms with Crippen molar-refractivity contribution in [3.8, 4) is 0 Å². The molecule has 1 aromatic heterocycles. The van der Waals surface area contributed by atoms with Gasteiger partial charge in [-0.2, -0.15) is 5.21 Å². The second-order valence-electron chi connectivity index (χ2n) is 7.55. The van der Waals surface area contributed by atoms with Gasteiger partial charge in [0.15, 0.2) is 5.78 Å². The first-order chi connectivity index (χ1) is 15.0. The number of nitrogens with one attached hydrogen (secondary N) is 2. The summed E-state index contributed by atoms with van der Waals surface area (Å²) >= 11 is 0. The second-order valence-corrected chi connectivity index (χ2v) is 7.55. The summed E-state index contributed by atoms with van der Waals surface area (Å²) in [5.74, 6) is -2.05. The molecule has 1 aliphatic rings. The lowest BCUT2D eigenvalue weighted by molar-refractivity contribution is -0.121. The Bertz CT molecular complexity index is 1100. The number of tetrazole rings is 1. The van der Waals surface area contributed by atoms with Gasteiger partial charge < -0.3 is 5.32 Å². The fourth-order valence-electron chi connectivity index (χ4n) is 3.82. The molecule has 31 heavy (non-hydrogen) atoms. The Hall–Kier alpha value is -3.49. The van der Waals surface area contributed by atoms with Gasteiger partial charge in [-0.3, -0.25) is 9.59 Å². The van der Waals surface area contributed by atoms with Crippen molar-refractivity contribution in [2.45, 2.75) is 44.6 Å². The lowest BCUT2D eigenvalue weighted by Crippen LogP contribution is -2.31. The van der Waals surface area contributed by atoms with Crippen LogP contribution in [0.15, 0.2) is 36.4 Å². The summed E-state index contributed by atoms with van der Waals surface area (Å²) in [7, 11) is 0. The summed E-state index contributed by atoms with van der Waals surface area (Å²) in [6.45, 7) is 0. The van der Waals surface area contributed by atoms with Crippen molar-refractivity contribution >= 4 is 11.7 Å². The maximum absolute atomic E-state index is 14.3. The molecule has 0 bridgehead atoms. The van der Waals surface area contributed by atoms with Gasteiger partial charge >= 0.3 is 0 Å². The molecule has 160 valence electrons. The molecule has 9 heteroatoms. The van der Waals surface area contributed by atoms with Gasteiger partial charge in [-0.05, 0) is 61.1 Å². The van der Waals surface area contributed by atoms with E-state index in [1.807, 2.05) is 12.1 Å². The molecule has 0 saturated heterocycles. The van der Waals surface area contributed by atoms with Crippen LogP contribution in [0.4, 0.5) is 8.78 Å². The average molecular weight is 425 g/mol. The third kappa shape index (κ3) is 4.82. The second kappa shape index (κ2) is 9.11. The molecule has 7 nitrogen and oxygen atoms in total. The standard InChI is InChI=1S/C22H21F2N5O2/c23-16-7-8-18(24)17(12-16)21(22-26-28-29-27-22)25-20(31)10-9-19(30)15-6-5-13-3-1-2-4-14(13)11-15/h5-8,11-12,21H,1-4,9-10H2,(H,25,31)(H,26,27,28,29)/t21-/m1/s1. The van der Waals surface area contributed by atoms with E-state index in [0.717, 1.165) is 43.9 Å². The number of carbonyl (C=O) groups is 2. The van der Waals surface area contributed by atoms with Crippen LogP contribution in [0.5, 0.6) is 0 Å². The average Bonchev–Trinajstić information content (AvgIpc) is 3.32. The van der Waals surface area contributed by atoms with Gasteiger partial charge in [-0.15, -0.1) is 10.2 Å². The van der Waals surface area contributed by atoms with Crippen LogP contribution >= 0.6 is 0 Å². The topological polar surface area (TPSA) is 101 Å². The summed E-state index contributed by atoms with van der Waals surface area (Å²) in [6, 6.07) is 7.47. The molecular weight excluding hydrogens is 404 g/mol. The number of hydrogen-bond donors (Lipinski definition) is 2. The van der Waals surface area contributed by atoms with Crippen molar-refractivity contribution in [1.82, 2.24) is 25.9 Å². The summed E-state index contributed by atoms with van der Waals surface area (Å²) in [5, 5.41) is 15.8. The molecule has 0 unspecified atom stereocenters. The Kier molecular flexibility index (Phi) is 6.11. The quantitative estimate of drug-likeness (QED) is 0.566. The molecule has 1 amide bonds. The lowest BCUT2D eigenvalue weighted by Gasteiger charge is -2.17. The summed E-state index contributed by atoms with van der Waals surface area (Å²) in [6.07, 6.45) is 4.15. The molecular formula is C22H21F2N5O2. The molecule has 0 radical (unpaired) electrons. The lowest BCUT2D eigenvalue weighted by atomic mass is 9.89. The van der Waals surface area contributed by atoms with Gasteiger partial charge in [0.05, 0.1) is 0 Å². The number of nitrogens with zero attached hydrogens (tertiary/aromatic N) is 3. The molecule has 2 aromatic carbocycles. The predicted molar refractivity (Wildman–Crippen MR) is 107 cm³/mol. The van der Waals surface area contributed by atoms with Crippen LogP contribution in [0.3, 0.4) is 0 Å². The van der Waals surface area contributed by atoms with Gasteiger partial charge in [-0.1, -0.05) is 17.3 Å². The molecule has 1 atom stereocenters. The number of benzene rings is 2. The van der Waals surface area contributed by atoms with E-state index >= 15 is 0 Å². The summed E-state index contributed by atoms with van der Waals surface area (Å²) < 4.78 is 27.9. The van der Waals surface area contributed by atoms with E-state index in [0.29, 0.717) is 5.56 Å². The van der Waals surface area contributed by atoms with E-state index in [1.54, 1.807) is 6.07 Å². The molecule has 0 saturated carbocycles. The normalized spacial score (nSPS) is 14.0. The molecule has 4 rings (SSSR count). The van der Waals surface area contributed by atoms with Gasteiger partial charge in [0, 0.05) is 24.0 Å². The van der Waals surface area contributed by atoms with E-state index in [2.05, 4.69) is 25.9 Å². The van der Waals surface area contributed by atoms with E-state index in [9.17, 15) is 18.4 Å². The zero-order valence-corrected chi connectivity index (χ0v) is 16.7. The minimum Gasteiger partial charge on any atom is -0.342 e. The first kappa shape index (κ1) is 20.8. The smallest absolute Gasteiger partial charge is 0.221 e. The third-order valence-electron chi connectivity index (χ3n) is 5.44. The number of ketones is 1. The van der Waals surface area contributed by atoms with Crippen molar-refractivity contribution in [2.75, 3.05) is 0 Å². The highest BCUT2D eigenvalue weighted by Crippen LogP contribution is 2.24. The van der Waals surface area contributed by atoms with Crippen molar-refractivity contribution in [2.24, 2.45) is 0 Å². The van der Waals surface area contributed by atoms with Gasteiger partial charge in [0.25, 0.3) is 0 Å². The van der Waals surface area contributed by atoms with Crippen LogP contribution in [0.1, 0.15) is 64.6 Å². The van der Waals surface area contributed by atoms with Crippen LogP contribution in [0.25, 0.3) is 0 Å². The first-order valence-corrected chi connectivity index (χ1v) is 10.1. The number of aromatic nitrogens is 4. The molecule has 0 fully saturated rings. The number of aryl methyl sites for hydroxylation is 2. The van der Waals surface area contributed by atoms with Crippen molar-refractivity contribution in [3.63, 3.8) is 0 Å². The van der Waals surface area contributed by atoms with Crippen LogP contribution < -0.4 is 5.32 Å². The fourth-order valence-corrected chi connectivity index (χ4v) is 3.82. The van der Waals surface area contributed by atoms with Crippen LogP contribution in [0.2, 0.25) is 0 Å². The number of carbonyl (C=O) groups excluding carboxylic acids is 2. The predicted octanol–water partition coefficient (Wildman–Crippen LogP) is 3.23. The minimum atomic E-state index is -1.14. The highest BCUT2D eigenvalue weighted by Gasteiger charge is 2.25. The zero-order valence-electron chi connectivity index (χ0n) is 16.7. The monoisotopic (exact) mass is 425 g/mol. The van der Waals surface area contributed by atoms with Crippen LogP contribution in [-0.4, -0.2) is 32.3 Å². The van der Waals surface area contributed by atoms with Gasteiger partial charge in [-0.25, -0.2) is 8.78 Å². The minimum absolute atomic E-state index is 0.00475. The number of H-pyrrole nitrogens is 1. The van der Waals surface area contributed by atoms with Crippen LogP contribution in [-0.2, 0) is 17.6 Å². The molecule has 2 N–H and O–H groups in total. The number of fused-ring (bicyclic) bond motifs is 1. The van der Waals surface area contributed by atoms with Crippen LogP contribution in [0, 0.1) is 11.6 Å². The summed E-state index contributed by atoms with van der Waals surface area (Å²) in [4.78, 5) is 25.1. The maximum atomic E-state index is 14.3. The van der Waals surface area contributed by atoms with Crippen molar-refractivity contribution in [3.05, 3.63) is 76.1 Å². The van der Waals surface area contributed by atoms with E-state index in [1.165, 1.54) is 11.1 Å². The number of aromatic amines is 1. The molecule has 0 spiro atoms. The molecule has 3 aromatic rings. The number of halogens is 2. The highest BCUT2D eigenvalue weighted by molar-refractivity contribution is 5.98. The Morgan fingerprint density at radius 2 is 1.84 bits per heavy atom. The Morgan fingerprint density at radius 1 is 1.03 bits per heavy atom. The number of rotatable bonds is 7. The van der Waals surface area contributed by atoms with Gasteiger partial charge in [0.1, 0.15) is 17.7 Å². The Morgan fingerprint density at radius 3 is 2.61 bits per heavy atom. The SMILES string of the molecule is O=C(CCC(=O)c1ccc2c(c1)CCCC2)N[C@@H](c1nn[nH]n1)c1cc(F)ccc1F. The highest BCUT2D eigenvalue weighted by atomic mass is 19.1. The number of hydrogen-bond acceptors (Lipinski definition) is 5. The third-order valence-corrected chi connectivity index (χ3v) is 5.44. The summed E-state index contributed by atoms with van der Waals surface area (Å²) in [5.41, 5.74) is 2.93. The maximum Gasteiger partial charge on any atom is 0.221 e. The molecule has 1 aliphatic carbocycles. The number of amides is 1. The molecule has 0 aliphatic heterocycles. The fraction of sp³-hybridized carbons (Fsp3) is 0.318. The molecule has 1 heterocycles. The van der Waals surface area contributed by atoms with Gasteiger partial charge in [0.2, 0.25) is 11.7 Å². The van der Waals surface area contributed by atoms with Crippen molar-refractivity contribution in [1.29, 1.82) is 0 Å². The Labute approximate surface area is 177 Å². The van der Waals surface area contributed by atoms with Crippen molar-refractivity contribution < 1.29 is 18.4 Å². The Balaban J connectivity index is 1.44. The van der Waals surface area contributed by atoms with E-state index in [-0.39, 0.29) is 30.0 Å². The first-order valence-electron chi connectivity index (χ1n) is 10.1. The largest absolute Gasteiger partial charge is 0.342 e. The zero-order chi connectivity index (χ0) is 21.8.